The lowest BCUT2D eigenvalue weighted by Crippen LogP contribution is -2.37. The Morgan fingerprint density at radius 3 is 2.33 bits per heavy atom. The number of nitrogens with one attached hydrogen (secondary N) is 1. The number of hydrogen-bond donors (Lipinski definition) is 2. The second-order valence-corrected chi connectivity index (χ2v) is 8.41. The SMILES string of the molecule is Nc1nc2c(ncn2[C@@H]2CC[C@H](OCc3ccccc3)C[C@H]2OCc2ccccc2)c(=O)[nH]1. The van der Waals surface area contributed by atoms with Gasteiger partial charge in [-0.05, 0) is 24.0 Å². The number of aromatic nitrogens is 4. The number of aromatic amines is 1. The van der Waals surface area contributed by atoms with Gasteiger partial charge in [-0.3, -0.25) is 9.78 Å². The van der Waals surface area contributed by atoms with Crippen LogP contribution in [0.3, 0.4) is 0 Å². The summed E-state index contributed by atoms with van der Waals surface area (Å²) in [4.78, 5) is 23.4. The molecule has 0 bridgehead atoms. The maximum Gasteiger partial charge on any atom is 0.280 e. The van der Waals surface area contributed by atoms with Crippen LogP contribution in [0.4, 0.5) is 5.95 Å². The highest BCUT2D eigenvalue weighted by Crippen LogP contribution is 2.35. The molecule has 1 fully saturated rings. The molecule has 5 rings (SSSR count). The molecule has 0 amide bonds. The van der Waals surface area contributed by atoms with Gasteiger partial charge in [0.2, 0.25) is 5.95 Å². The highest BCUT2D eigenvalue weighted by atomic mass is 16.5. The summed E-state index contributed by atoms with van der Waals surface area (Å²) in [5.74, 6) is 0.0795. The average molecular weight is 446 g/mol. The van der Waals surface area contributed by atoms with Crippen molar-refractivity contribution in [3.63, 3.8) is 0 Å². The number of imidazole rings is 1. The minimum absolute atomic E-state index is 0.0241. The van der Waals surface area contributed by atoms with Gasteiger partial charge in [0.05, 0.1) is 37.8 Å². The van der Waals surface area contributed by atoms with Crippen LogP contribution in [0.2, 0.25) is 0 Å². The molecule has 0 spiro atoms. The molecule has 3 N–H and O–H groups in total. The Morgan fingerprint density at radius 1 is 0.970 bits per heavy atom. The van der Waals surface area contributed by atoms with Gasteiger partial charge in [-0.25, -0.2) is 4.98 Å². The molecule has 8 nitrogen and oxygen atoms in total. The third-order valence-electron chi connectivity index (χ3n) is 6.15. The van der Waals surface area contributed by atoms with Gasteiger partial charge < -0.3 is 19.8 Å². The van der Waals surface area contributed by atoms with E-state index in [1.807, 2.05) is 41.0 Å². The normalized spacial score (nSPS) is 20.8. The van der Waals surface area contributed by atoms with Crippen LogP contribution in [0.1, 0.15) is 36.4 Å². The first-order chi connectivity index (χ1) is 16.2. The Hall–Kier alpha value is -3.49. The first-order valence-electron chi connectivity index (χ1n) is 11.2. The van der Waals surface area contributed by atoms with E-state index in [0.717, 1.165) is 30.4 Å². The zero-order chi connectivity index (χ0) is 22.6. The van der Waals surface area contributed by atoms with E-state index >= 15 is 0 Å². The molecule has 170 valence electrons. The summed E-state index contributed by atoms with van der Waals surface area (Å²) in [5, 5.41) is 0. The van der Waals surface area contributed by atoms with Crippen LogP contribution in [-0.4, -0.2) is 31.7 Å². The molecule has 1 aliphatic rings. The van der Waals surface area contributed by atoms with Crippen molar-refractivity contribution in [3.05, 3.63) is 88.5 Å². The summed E-state index contributed by atoms with van der Waals surface area (Å²) in [6.07, 6.45) is 4.06. The maximum absolute atomic E-state index is 12.3. The molecule has 1 aliphatic carbocycles. The average Bonchev–Trinajstić information content (AvgIpc) is 3.27. The van der Waals surface area contributed by atoms with Gasteiger partial charge in [0, 0.05) is 6.42 Å². The largest absolute Gasteiger partial charge is 0.373 e. The van der Waals surface area contributed by atoms with Gasteiger partial charge in [-0.1, -0.05) is 60.7 Å². The molecule has 4 aromatic rings. The Kier molecular flexibility index (Phi) is 6.19. The van der Waals surface area contributed by atoms with Gasteiger partial charge >= 0.3 is 0 Å². The Labute approximate surface area is 191 Å². The van der Waals surface area contributed by atoms with Crippen LogP contribution >= 0.6 is 0 Å². The molecule has 33 heavy (non-hydrogen) atoms. The van der Waals surface area contributed by atoms with Gasteiger partial charge in [0.1, 0.15) is 0 Å². The number of anilines is 1. The van der Waals surface area contributed by atoms with Crippen molar-refractivity contribution in [2.24, 2.45) is 0 Å². The predicted octanol–water partition coefficient (Wildman–Crippen LogP) is 3.60. The quantitative estimate of drug-likeness (QED) is 0.450. The van der Waals surface area contributed by atoms with Crippen LogP contribution in [0.15, 0.2) is 71.8 Å². The first kappa shape index (κ1) is 21.4. The molecular weight excluding hydrogens is 418 g/mol. The van der Waals surface area contributed by atoms with Gasteiger partial charge in [0.25, 0.3) is 5.56 Å². The molecule has 0 saturated heterocycles. The monoisotopic (exact) mass is 445 g/mol. The van der Waals surface area contributed by atoms with E-state index in [1.165, 1.54) is 0 Å². The second-order valence-electron chi connectivity index (χ2n) is 8.41. The fourth-order valence-corrected chi connectivity index (χ4v) is 4.48. The number of nitrogen functional groups attached to an aromatic ring is 1. The number of H-pyrrole nitrogens is 1. The molecule has 2 heterocycles. The number of fused-ring (bicyclic) bond motifs is 1. The Bertz CT molecular complexity index is 1260. The smallest absolute Gasteiger partial charge is 0.280 e. The van der Waals surface area contributed by atoms with Crippen molar-refractivity contribution in [2.75, 3.05) is 5.73 Å². The fraction of sp³-hybridized carbons (Fsp3) is 0.320. The van der Waals surface area contributed by atoms with Gasteiger partial charge in [0.15, 0.2) is 11.2 Å². The minimum atomic E-state index is -0.335. The van der Waals surface area contributed by atoms with E-state index in [4.69, 9.17) is 15.2 Å². The van der Waals surface area contributed by atoms with Crippen LogP contribution in [0.5, 0.6) is 0 Å². The summed E-state index contributed by atoms with van der Waals surface area (Å²) in [7, 11) is 0. The van der Waals surface area contributed by atoms with E-state index in [0.29, 0.717) is 18.9 Å². The fourth-order valence-electron chi connectivity index (χ4n) is 4.48. The van der Waals surface area contributed by atoms with E-state index < -0.39 is 0 Å². The molecule has 2 aromatic heterocycles. The molecule has 2 aromatic carbocycles. The van der Waals surface area contributed by atoms with E-state index in [1.54, 1.807) is 6.33 Å². The third kappa shape index (κ3) is 4.81. The van der Waals surface area contributed by atoms with Gasteiger partial charge in [-0.2, -0.15) is 4.98 Å². The summed E-state index contributed by atoms with van der Waals surface area (Å²) >= 11 is 0. The van der Waals surface area contributed by atoms with Crippen molar-refractivity contribution in [3.8, 4) is 0 Å². The van der Waals surface area contributed by atoms with E-state index in [2.05, 4.69) is 39.2 Å². The molecular formula is C25H27N5O3. The molecule has 0 aliphatic heterocycles. The van der Waals surface area contributed by atoms with Gasteiger partial charge in [-0.15, -0.1) is 0 Å². The predicted molar refractivity (Wildman–Crippen MR) is 125 cm³/mol. The Balaban J connectivity index is 1.37. The minimum Gasteiger partial charge on any atom is -0.373 e. The van der Waals surface area contributed by atoms with Crippen molar-refractivity contribution < 1.29 is 9.47 Å². The number of ether oxygens (including phenoxy) is 2. The zero-order valence-corrected chi connectivity index (χ0v) is 18.3. The Morgan fingerprint density at radius 2 is 1.64 bits per heavy atom. The summed E-state index contributed by atoms with van der Waals surface area (Å²) in [5.41, 5.74) is 8.51. The van der Waals surface area contributed by atoms with Crippen molar-refractivity contribution in [2.45, 2.75) is 50.7 Å². The second kappa shape index (κ2) is 9.56. The number of rotatable bonds is 7. The first-order valence-corrected chi connectivity index (χ1v) is 11.2. The van der Waals surface area contributed by atoms with Crippen LogP contribution < -0.4 is 11.3 Å². The van der Waals surface area contributed by atoms with Crippen molar-refractivity contribution >= 4 is 17.1 Å². The van der Waals surface area contributed by atoms with E-state index in [-0.39, 0.29) is 35.3 Å². The van der Waals surface area contributed by atoms with Crippen LogP contribution in [-0.2, 0) is 22.7 Å². The number of nitrogens with zero attached hydrogens (tertiary/aromatic N) is 3. The zero-order valence-electron chi connectivity index (χ0n) is 18.3. The van der Waals surface area contributed by atoms with E-state index in [9.17, 15) is 4.79 Å². The summed E-state index contributed by atoms with van der Waals surface area (Å²) in [6.45, 7) is 1.07. The molecule has 0 unspecified atom stereocenters. The van der Waals surface area contributed by atoms with Crippen LogP contribution in [0, 0.1) is 0 Å². The highest BCUT2D eigenvalue weighted by molar-refractivity contribution is 5.70. The summed E-state index contributed by atoms with van der Waals surface area (Å²) in [6, 6.07) is 20.3. The lowest BCUT2D eigenvalue weighted by atomic mass is 9.89. The lowest BCUT2D eigenvalue weighted by Gasteiger charge is -2.36. The lowest BCUT2D eigenvalue weighted by molar-refractivity contribution is -0.0772. The number of benzene rings is 2. The molecule has 3 atom stereocenters. The molecule has 1 saturated carbocycles. The topological polar surface area (TPSA) is 108 Å². The highest BCUT2D eigenvalue weighted by Gasteiger charge is 2.34. The molecule has 0 radical (unpaired) electrons. The van der Waals surface area contributed by atoms with Crippen molar-refractivity contribution in [1.82, 2.24) is 19.5 Å². The van der Waals surface area contributed by atoms with Crippen molar-refractivity contribution in [1.29, 1.82) is 0 Å². The maximum atomic E-state index is 12.3. The summed E-state index contributed by atoms with van der Waals surface area (Å²) < 4.78 is 14.6. The van der Waals surface area contributed by atoms with Crippen LogP contribution in [0.25, 0.3) is 11.2 Å². The number of nitrogens with two attached hydrogens (primary N) is 1. The third-order valence-corrected chi connectivity index (χ3v) is 6.15. The standard InChI is InChI=1S/C25H27N5O3/c26-25-28-23-22(24(31)29-25)27-16-30(23)20-12-11-19(32-14-17-7-3-1-4-8-17)13-21(20)33-15-18-9-5-2-6-10-18/h1-10,16,19-21H,11-15H2,(H3,26,28,29,31)/t19-,20+,21+/m0/s1. The number of hydrogen-bond acceptors (Lipinski definition) is 6. The molecule has 8 heteroatoms.